The lowest BCUT2D eigenvalue weighted by Gasteiger charge is -2.39. The number of hydrazine groups is 1. The molecule has 21 heavy (non-hydrogen) atoms. The number of ether oxygens (including phenoxy) is 1. The summed E-state index contributed by atoms with van der Waals surface area (Å²) >= 11 is 5.73. The van der Waals surface area contributed by atoms with Gasteiger partial charge < -0.3 is 20.1 Å². The van der Waals surface area contributed by atoms with Crippen LogP contribution in [0.4, 0.5) is 0 Å². The van der Waals surface area contributed by atoms with Gasteiger partial charge in [0.2, 0.25) is 0 Å². The predicted molar refractivity (Wildman–Crippen MR) is 74.4 cm³/mol. The molecule has 5 atom stereocenters. The second-order valence-electron chi connectivity index (χ2n) is 4.84. The van der Waals surface area contributed by atoms with Gasteiger partial charge >= 0.3 is 0 Å². The van der Waals surface area contributed by atoms with Gasteiger partial charge in [-0.1, -0.05) is 11.6 Å². The van der Waals surface area contributed by atoms with Crippen molar-refractivity contribution in [1.29, 1.82) is 0 Å². The van der Waals surface area contributed by atoms with Gasteiger partial charge in [-0.3, -0.25) is 10.2 Å². The maximum atomic E-state index is 11.9. The second kappa shape index (κ2) is 6.69. The van der Waals surface area contributed by atoms with Crippen molar-refractivity contribution in [1.82, 2.24) is 10.9 Å². The molecular formula is C13H17ClN2O5. The van der Waals surface area contributed by atoms with Crippen molar-refractivity contribution in [2.24, 2.45) is 0 Å². The van der Waals surface area contributed by atoms with Crippen molar-refractivity contribution < 1.29 is 24.9 Å². The smallest absolute Gasteiger partial charge is 0.265 e. The largest absolute Gasteiger partial charge is 0.388 e. The van der Waals surface area contributed by atoms with Crippen molar-refractivity contribution in [3.8, 4) is 0 Å². The van der Waals surface area contributed by atoms with Gasteiger partial charge in [0.15, 0.2) is 6.23 Å². The van der Waals surface area contributed by atoms with Gasteiger partial charge in [0.1, 0.15) is 18.3 Å². The fourth-order valence-electron chi connectivity index (χ4n) is 1.98. The zero-order chi connectivity index (χ0) is 15.6. The van der Waals surface area contributed by atoms with E-state index < -0.39 is 36.6 Å². The molecule has 1 saturated heterocycles. The second-order valence-corrected chi connectivity index (χ2v) is 5.28. The van der Waals surface area contributed by atoms with Crippen LogP contribution in [0.3, 0.4) is 0 Å². The molecular weight excluding hydrogens is 300 g/mol. The number of carbonyl (C=O) groups excluding carboxylic acids is 1. The molecule has 1 aliphatic heterocycles. The van der Waals surface area contributed by atoms with E-state index in [4.69, 9.17) is 16.3 Å². The first-order valence-electron chi connectivity index (χ1n) is 6.41. The number of aliphatic hydroxyl groups excluding tert-OH is 3. The maximum Gasteiger partial charge on any atom is 0.265 e. The average Bonchev–Trinajstić information content (AvgIpc) is 2.48. The zero-order valence-corrected chi connectivity index (χ0v) is 12.0. The first-order valence-corrected chi connectivity index (χ1v) is 6.79. The molecule has 0 aliphatic carbocycles. The van der Waals surface area contributed by atoms with Gasteiger partial charge in [0.05, 0.1) is 6.10 Å². The van der Waals surface area contributed by atoms with Crippen LogP contribution in [0.25, 0.3) is 0 Å². The van der Waals surface area contributed by atoms with E-state index in [0.29, 0.717) is 10.6 Å². The van der Waals surface area contributed by atoms with Crippen LogP contribution in [-0.2, 0) is 4.74 Å². The Kier molecular flexibility index (Phi) is 5.15. The van der Waals surface area contributed by atoms with Crippen LogP contribution in [0.2, 0.25) is 5.02 Å². The number of hydrogen-bond acceptors (Lipinski definition) is 6. The Balaban J connectivity index is 1.93. The summed E-state index contributed by atoms with van der Waals surface area (Å²) in [5, 5.41) is 29.5. The van der Waals surface area contributed by atoms with Crippen LogP contribution in [0.15, 0.2) is 24.3 Å². The van der Waals surface area contributed by atoms with Gasteiger partial charge in [-0.2, -0.15) is 0 Å². The predicted octanol–water partition coefficient (Wildman–Crippen LogP) is -0.598. The van der Waals surface area contributed by atoms with Crippen molar-refractivity contribution in [3.63, 3.8) is 0 Å². The van der Waals surface area contributed by atoms with Gasteiger partial charge in [0, 0.05) is 10.6 Å². The molecule has 1 aromatic carbocycles. The van der Waals surface area contributed by atoms with Crippen LogP contribution < -0.4 is 10.9 Å². The van der Waals surface area contributed by atoms with Crippen LogP contribution in [0.5, 0.6) is 0 Å². The molecule has 7 nitrogen and oxygen atoms in total. The molecule has 1 aromatic rings. The first-order chi connectivity index (χ1) is 9.90. The third kappa shape index (κ3) is 3.70. The molecule has 0 aromatic heterocycles. The Morgan fingerprint density at radius 1 is 1.14 bits per heavy atom. The van der Waals surface area contributed by atoms with E-state index in [1.807, 2.05) is 0 Å². The molecule has 1 heterocycles. The summed E-state index contributed by atoms with van der Waals surface area (Å²) in [4.78, 5) is 11.9. The minimum Gasteiger partial charge on any atom is -0.388 e. The Hall–Kier alpha value is -1.22. The molecule has 0 radical (unpaired) electrons. The fraction of sp³-hybridized carbons (Fsp3) is 0.462. The summed E-state index contributed by atoms with van der Waals surface area (Å²) in [5.74, 6) is -0.448. The first kappa shape index (κ1) is 16.2. The van der Waals surface area contributed by atoms with Crippen molar-refractivity contribution >= 4 is 17.5 Å². The van der Waals surface area contributed by atoms with Crippen LogP contribution in [-0.4, -0.2) is 51.9 Å². The standard InChI is InChI=1S/C13H17ClN2O5/c1-6-9(17)10(18)11(19)13(21-6)16-15-12(20)7-2-4-8(14)5-3-7/h2-6,9-11,13,16-19H,1H3,(H,15,20)/t6-,9-,10-,11-,13+/m0/s1. The van der Waals surface area contributed by atoms with Gasteiger partial charge in [-0.25, -0.2) is 5.43 Å². The van der Waals surface area contributed by atoms with Crippen molar-refractivity contribution in [3.05, 3.63) is 34.9 Å². The number of carbonyl (C=O) groups is 1. The number of rotatable bonds is 3. The molecule has 0 bridgehead atoms. The van der Waals surface area contributed by atoms with E-state index in [9.17, 15) is 20.1 Å². The van der Waals surface area contributed by atoms with Crippen molar-refractivity contribution in [2.45, 2.75) is 37.6 Å². The van der Waals surface area contributed by atoms with Gasteiger partial charge in [-0.05, 0) is 31.2 Å². The third-order valence-corrected chi connectivity index (χ3v) is 3.54. The van der Waals surface area contributed by atoms with Crippen LogP contribution >= 0.6 is 11.6 Å². The normalized spacial score (nSPS) is 32.7. The number of aliphatic hydroxyl groups is 3. The minimum absolute atomic E-state index is 0.367. The Morgan fingerprint density at radius 3 is 2.38 bits per heavy atom. The molecule has 116 valence electrons. The lowest BCUT2D eigenvalue weighted by molar-refractivity contribution is -0.226. The number of halogens is 1. The summed E-state index contributed by atoms with van der Waals surface area (Å²) in [5.41, 5.74) is 5.22. The highest BCUT2D eigenvalue weighted by molar-refractivity contribution is 6.30. The van der Waals surface area contributed by atoms with Crippen LogP contribution in [0, 0.1) is 0 Å². The Labute approximate surface area is 126 Å². The molecule has 0 saturated carbocycles. The summed E-state index contributed by atoms with van der Waals surface area (Å²) in [6, 6.07) is 6.23. The topological polar surface area (TPSA) is 111 Å². The number of hydrogen-bond donors (Lipinski definition) is 5. The highest BCUT2D eigenvalue weighted by Crippen LogP contribution is 2.19. The highest BCUT2D eigenvalue weighted by atomic mass is 35.5. The average molecular weight is 317 g/mol. The summed E-state index contributed by atoms with van der Waals surface area (Å²) in [6.07, 6.45) is -5.64. The highest BCUT2D eigenvalue weighted by Gasteiger charge is 2.41. The van der Waals surface area contributed by atoms with E-state index in [0.717, 1.165) is 0 Å². The summed E-state index contributed by atoms with van der Waals surface area (Å²) in [7, 11) is 0. The molecule has 1 amide bonds. The number of nitrogens with one attached hydrogen (secondary N) is 2. The lowest BCUT2D eigenvalue weighted by atomic mass is 9.99. The van der Waals surface area contributed by atoms with E-state index in [1.54, 1.807) is 31.2 Å². The minimum atomic E-state index is -1.37. The van der Waals surface area contributed by atoms with Gasteiger partial charge in [0.25, 0.3) is 5.91 Å². The molecule has 0 unspecified atom stereocenters. The fourth-order valence-corrected chi connectivity index (χ4v) is 2.11. The van der Waals surface area contributed by atoms with Gasteiger partial charge in [-0.15, -0.1) is 0 Å². The van der Waals surface area contributed by atoms with E-state index in [-0.39, 0.29) is 0 Å². The Morgan fingerprint density at radius 2 is 1.76 bits per heavy atom. The van der Waals surface area contributed by atoms with Crippen LogP contribution in [0.1, 0.15) is 17.3 Å². The zero-order valence-electron chi connectivity index (χ0n) is 11.2. The quantitative estimate of drug-likeness (QED) is 0.476. The number of amides is 1. The van der Waals surface area contributed by atoms with Crippen molar-refractivity contribution in [2.75, 3.05) is 0 Å². The SMILES string of the molecule is C[C@@H]1O[C@@H](NNC(=O)c2ccc(Cl)cc2)[C@@H](O)[C@@H](O)[C@H]1O. The van der Waals surface area contributed by atoms with E-state index >= 15 is 0 Å². The molecule has 1 fully saturated rings. The summed E-state index contributed by atoms with van der Waals surface area (Å²) < 4.78 is 5.28. The third-order valence-electron chi connectivity index (χ3n) is 3.29. The number of benzene rings is 1. The Bertz CT molecular complexity index is 498. The molecule has 5 N–H and O–H groups in total. The molecule has 8 heteroatoms. The molecule has 2 rings (SSSR count). The monoisotopic (exact) mass is 316 g/mol. The summed E-state index contributed by atoms with van der Waals surface area (Å²) in [6.45, 7) is 1.55. The van der Waals surface area contributed by atoms with E-state index in [2.05, 4.69) is 10.9 Å². The van der Waals surface area contributed by atoms with E-state index in [1.165, 1.54) is 0 Å². The lowest BCUT2D eigenvalue weighted by Crippen LogP contribution is -2.63. The maximum absolute atomic E-state index is 11.9. The molecule has 1 aliphatic rings. The molecule has 0 spiro atoms.